The first-order chi connectivity index (χ1) is 9.10. The van der Waals surface area contributed by atoms with E-state index in [4.69, 9.17) is 4.74 Å². The number of nitrogens with one attached hydrogen (secondary N) is 1. The molecule has 1 aliphatic rings. The number of rotatable bonds is 0. The molecule has 0 spiro atoms. The van der Waals surface area contributed by atoms with Crippen molar-refractivity contribution in [2.75, 3.05) is 16.8 Å². The maximum atomic E-state index is 12.6. The number of nitrogens with zero attached hydrogens (tertiary/aromatic N) is 1. The Hall–Kier alpha value is -1.71. The van der Waals surface area contributed by atoms with Gasteiger partial charge >= 0.3 is 6.09 Å². The van der Waals surface area contributed by atoms with E-state index in [-0.39, 0.29) is 11.6 Å². The molecule has 4 nitrogen and oxygen atoms in total. The Morgan fingerprint density at radius 1 is 1.35 bits per heavy atom. The SMILES string of the molecule is Cc1ccc2c(c1)NCC(C)(C)N2C(=O)OC(C)(C)C. The molecule has 4 heteroatoms. The zero-order valence-corrected chi connectivity index (χ0v) is 13.2. The van der Waals surface area contributed by atoms with E-state index >= 15 is 0 Å². The summed E-state index contributed by atoms with van der Waals surface area (Å²) in [6, 6.07) is 6.05. The molecule has 0 radical (unpaired) electrons. The van der Waals surface area contributed by atoms with Crippen molar-refractivity contribution < 1.29 is 9.53 Å². The Balaban J connectivity index is 2.41. The number of ether oxygens (including phenoxy) is 1. The third kappa shape index (κ3) is 2.89. The quantitative estimate of drug-likeness (QED) is 0.780. The molecule has 1 heterocycles. The molecule has 1 amide bonds. The summed E-state index contributed by atoms with van der Waals surface area (Å²) < 4.78 is 5.56. The van der Waals surface area contributed by atoms with Crippen molar-refractivity contribution in [2.45, 2.75) is 52.7 Å². The van der Waals surface area contributed by atoms with Crippen LogP contribution in [0.2, 0.25) is 0 Å². The van der Waals surface area contributed by atoms with Gasteiger partial charge in [-0.1, -0.05) is 6.07 Å². The van der Waals surface area contributed by atoms with Crippen LogP contribution in [0.4, 0.5) is 16.2 Å². The largest absolute Gasteiger partial charge is 0.443 e. The van der Waals surface area contributed by atoms with Gasteiger partial charge in [0.25, 0.3) is 0 Å². The summed E-state index contributed by atoms with van der Waals surface area (Å²) in [6.45, 7) is 12.5. The third-order valence-electron chi connectivity index (χ3n) is 3.29. The summed E-state index contributed by atoms with van der Waals surface area (Å²) >= 11 is 0. The van der Waals surface area contributed by atoms with Crippen molar-refractivity contribution in [1.29, 1.82) is 0 Å². The molecular weight excluding hydrogens is 252 g/mol. The molecule has 2 rings (SSSR count). The Labute approximate surface area is 121 Å². The van der Waals surface area contributed by atoms with Crippen molar-refractivity contribution in [3.8, 4) is 0 Å². The summed E-state index contributed by atoms with van der Waals surface area (Å²) in [5.74, 6) is 0. The standard InChI is InChI=1S/C16H24N2O2/c1-11-7-8-13-12(9-11)17-10-16(5,6)18(13)14(19)20-15(2,3)4/h7-9,17H,10H2,1-6H3. The number of amides is 1. The minimum absolute atomic E-state index is 0.297. The number of aryl methyl sites for hydroxylation is 1. The van der Waals surface area contributed by atoms with Gasteiger partial charge in [0.05, 0.1) is 16.9 Å². The topological polar surface area (TPSA) is 41.6 Å². The second kappa shape index (κ2) is 4.69. The van der Waals surface area contributed by atoms with Gasteiger partial charge in [-0.2, -0.15) is 0 Å². The summed E-state index contributed by atoms with van der Waals surface area (Å²) in [5, 5.41) is 3.39. The highest BCUT2D eigenvalue weighted by atomic mass is 16.6. The Kier molecular flexibility index (Phi) is 3.44. The fraction of sp³-hybridized carbons (Fsp3) is 0.562. The zero-order valence-electron chi connectivity index (χ0n) is 13.2. The molecule has 0 aliphatic carbocycles. The zero-order chi connectivity index (χ0) is 15.1. The van der Waals surface area contributed by atoms with E-state index < -0.39 is 5.60 Å². The molecule has 0 saturated heterocycles. The van der Waals surface area contributed by atoms with E-state index in [0.29, 0.717) is 6.54 Å². The monoisotopic (exact) mass is 276 g/mol. The lowest BCUT2D eigenvalue weighted by molar-refractivity contribution is 0.0546. The van der Waals surface area contributed by atoms with Crippen LogP contribution in [0.1, 0.15) is 40.2 Å². The van der Waals surface area contributed by atoms with Gasteiger partial charge in [0.15, 0.2) is 0 Å². The molecule has 0 fully saturated rings. The average molecular weight is 276 g/mol. The van der Waals surface area contributed by atoms with Gasteiger partial charge in [-0.3, -0.25) is 4.90 Å². The number of carbonyl (C=O) groups is 1. The van der Waals surface area contributed by atoms with Crippen LogP contribution >= 0.6 is 0 Å². The van der Waals surface area contributed by atoms with Gasteiger partial charge in [0, 0.05) is 6.54 Å². The summed E-state index contributed by atoms with van der Waals surface area (Å²) in [4.78, 5) is 14.3. The number of benzene rings is 1. The molecule has 0 unspecified atom stereocenters. The summed E-state index contributed by atoms with van der Waals surface area (Å²) in [6.07, 6.45) is -0.297. The number of hydrogen-bond donors (Lipinski definition) is 1. The first kappa shape index (κ1) is 14.7. The van der Waals surface area contributed by atoms with E-state index in [9.17, 15) is 4.79 Å². The lowest BCUT2D eigenvalue weighted by atomic mass is 9.97. The van der Waals surface area contributed by atoms with Crippen LogP contribution in [0, 0.1) is 6.92 Å². The van der Waals surface area contributed by atoms with Crippen molar-refractivity contribution >= 4 is 17.5 Å². The van der Waals surface area contributed by atoms with E-state index in [1.54, 1.807) is 4.90 Å². The van der Waals surface area contributed by atoms with Crippen LogP contribution in [0.25, 0.3) is 0 Å². The lowest BCUT2D eigenvalue weighted by Crippen LogP contribution is -2.56. The lowest BCUT2D eigenvalue weighted by Gasteiger charge is -2.44. The fourth-order valence-corrected chi connectivity index (χ4v) is 2.36. The fourth-order valence-electron chi connectivity index (χ4n) is 2.36. The molecule has 110 valence electrons. The van der Waals surface area contributed by atoms with Crippen LogP contribution in [0.15, 0.2) is 18.2 Å². The van der Waals surface area contributed by atoms with E-state index in [1.807, 2.05) is 53.7 Å². The first-order valence-corrected chi connectivity index (χ1v) is 6.98. The van der Waals surface area contributed by atoms with Crippen molar-refractivity contribution in [3.05, 3.63) is 23.8 Å². The highest BCUT2D eigenvalue weighted by molar-refractivity contribution is 5.95. The first-order valence-electron chi connectivity index (χ1n) is 6.98. The predicted octanol–water partition coefficient (Wildman–Crippen LogP) is 3.94. The number of anilines is 2. The van der Waals surface area contributed by atoms with Gasteiger partial charge in [0.1, 0.15) is 5.60 Å². The number of carbonyl (C=O) groups excluding carboxylic acids is 1. The normalized spacial score (nSPS) is 17.2. The molecule has 1 aliphatic heterocycles. The maximum Gasteiger partial charge on any atom is 0.415 e. The minimum Gasteiger partial charge on any atom is -0.443 e. The maximum absolute atomic E-state index is 12.6. The third-order valence-corrected chi connectivity index (χ3v) is 3.29. The Bertz CT molecular complexity index is 530. The van der Waals surface area contributed by atoms with Crippen LogP contribution in [-0.4, -0.2) is 23.8 Å². The van der Waals surface area contributed by atoms with E-state index in [2.05, 4.69) is 11.4 Å². The van der Waals surface area contributed by atoms with Gasteiger partial charge in [-0.25, -0.2) is 4.79 Å². The highest BCUT2D eigenvalue weighted by Gasteiger charge is 2.39. The van der Waals surface area contributed by atoms with Crippen LogP contribution in [0.5, 0.6) is 0 Å². The molecule has 0 aromatic heterocycles. The average Bonchev–Trinajstić information content (AvgIpc) is 2.26. The molecule has 1 aromatic rings. The predicted molar refractivity (Wildman–Crippen MR) is 82.5 cm³/mol. The van der Waals surface area contributed by atoms with Crippen molar-refractivity contribution in [3.63, 3.8) is 0 Å². The summed E-state index contributed by atoms with van der Waals surface area (Å²) in [7, 11) is 0. The van der Waals surface area contributed by atoms with Crippen molar-refractivity contribution in [1.82, 2.24) is 0 Å². The molecule has 0 atom stereocenters. The second-order valence-corrected chi connectivity index (χ2v) is 7.00. The van der Waals surface area contributed by atoms with Gasteiger partial charge < -0.3 is 10.1 Å². The Morgan fingerprint density at radius 2 is 2.00 bits per heavy atom. The molecular formula is C16H24N2O2. The van der Waals surface area contributed by atoms with Crippen LogP contribution in [-0.2, 0) is 4.74 Å². The minimum atomic E-state index is -0.497. The van der Waals surface area contributed by atoms with Gasteiger partial charge in [-0.05, 0) is 59.2 Å². The molecule has 0 saturated carbocycles. The molecule has 20 heavy (non-hydrogen) atoms. The van der Waals surface area contributed by atoms with E-state index in [0.717, 1.165) is 11.4 Å². The van der Waals surface area contributed by atoms with Gasteiger partial charge in [-0.15, -0.1) is 0 Å². The second-order valence-electron chi connectivity index (χ2n) is 7.00. The van der Waals surface area contributed by atoms with E-state index in [1.165, 1.54) is 5.56 Å². The number of hydrogen-bond acceptors (Lipinski definition) is 3. The highest BCUT2D eigenvalue weighted by Crippen LogP contribution is 2.37. The smallest absolute Gasteiger partial charge is 0.415 e. The van der Waals surface area contributed by atoms with Gasteiger partial charge in [0.2, 0.25) is 0 Å². The summed E-state index contributed by atoms with van der Waals surface area (Å²) in [5.41, 5.74) is 2.20. The molecule has 1 N–H and O–H groups in total. The van der Waals surface area contributed by atoms with Crippen molar-refractivity contribution in [2.24, 2.45) is 0 Å². The molecule has 1 aromatic carbocycles. The van der Waals surface area contributed by atoms with Crippen LogP contribution < -0.4 is 10.2 Å². The number of fused-ring (bicyclic) bond motifs is 1. The van der Waals surface area contributed by atoms with Crippen LogP contribution in [0.3, 0.4) is 0 Å². The molecule has 0 bridgehead atoms. The Morgan fingerprint density at radius 3 is 2.60 bits per heavy atom.